The van der Waals surface area contributed by atoms with Crippen molar-refractivity contribution in [2.75, 3.05) is 23.8 Å². The highest BCUT2D eigenvalue weighted by Crippen LogP contribution is 2.11. The molecule has 0 aliphatic heterocycles. The van der Waals surface area contributed by atoms with Crippen molar-refractivity contribution in [2.45, 2.75) is 13.8 Å². The zero-order valence-electron chi connectivity index (χ0n) is 14.0. The first kappa shape index (κ1) is 18.3. The minimum absolute atomic E-state index is 0.00647. The molecule has 0 atom stereocenters. The predicted molar refractivity (Wildman–Crippen MR) is 89.6 cm³/mol. The molecule has 0 aliphatic rings. The van der Waals surface area contributed by atoms with Gasteiger partial charge in [0.25, 0.3) is 0 Å². The smallest absolute Gasteiger partial charge is 0.339 e. The van der Waals surface area contributed by atoms with E-state index >= 15 is 0 Å². The van der Waals surface area contributed by atoms with Crippen molar-refractivity contribution in [2.24, 2.45) is 0 Å². The second-order valence-corrected chi connectivity index (χ2v) is 6.38. The molecule has 0 aliphatic carbocycles. The maximum Gasteiger partial charge on any atom is 0.339 e. The third-order valence-corrected chi connectivity index (χ3v) is 3.80. The number of methoxy groups -OCH3 is 1. The molecule has 0 spiro atoms. The molecule has 2 aromatic heterocycles. The summed E-state index contributed by atoms with van der Waals surface area (Å²) >= 11 is 0. The van der Waals surface area contributed by atoms with Gasteiger partial charge < -0.3 is 4.74 Å². The van der Waals surface area contributed by atoms with Gasteiger partial charge in [0.2, 0.25) is 5.95 Å². The topological polar surface area (TPSA) is 139 Å². The summed E-state index contributed by atoms with van der Waals surface area (Å²) in [5, 5.41) is 0. The second-order valence-electron chi connectivity index (χ2n) is 4.96. The molecule has 0 bridgehead atoms. The van der Waals surface area contributed by atoms with Gasteiger partial charge in [-0.15, -0.1) is 0 Å². The Balaban J connectivity index is 2.11. The fraction of sp³-hybridized carbons (Fsp3) is 0.308. The zero-order valence-corrected chi connectivity index (χ0v) is 14.8. The Morgan fingerprint density at radius 1 is 1.20 bits per heavy atom. The van der Waals surface area contributed by atoms with Gasteiger partial charge in [0.1, 0.15) is 11.6 Å². The molecule has 2 amide bonds. The van der Waals surface area contributed by atoms with E-state index < -0.39 is 16.2 Å². The molecular formula is C13H17N7O4S. The van der Waals surface area contributed by atoms with E-state index in [1.54, 1.807) is 13.0 Å². The van der Waals surface area contributed by atoms with Crippen LogP contribution in [-0.4, -0.2) is 48.5 Å². The van der Waals surface area contributed by atoms with Crippen LogP contribution < -0.4 is 19.1 Å². The Morgan fingerprint density at radius 2 is 1.92 bits per heavy atom. The van der Waals surface area contributed by atoms with Crippen molar-refractivity contribution in [3.63, 3.8) is 0 Å². The Bertz CT molecular complexity index is 870. The Labute approximate surface area is 144 Å². The van der Waals surface area contributed by atoms with Crippen molar-refractivity contribution in [3.05, 3.63) is 29.7 Å². The van der Waals surface area contributed by atoms with E-state index in [9.17, 15) is 13.2 Å². The van der Waals surface area contributed by atoms with Crippen LogP contribution in [-0.2, 0) is 10.2 Å². The monoisotopic (exact) mass is 367 g/mol. The van der Waals surface area contributed by atoms with Crippen LogP contribution in [0, 0.1) is 13.8 Å². The number of ether oxygens (including phenoxy) is 1. The quantitative estimate of drug-likeness (QED) is 0.774. The first-order chi connectivity index (χ1) is 11.7. The average molecular weight is 367 g/mol. The minimum Gasteiger partial charge on any atom is -0.467 e. The van der Waals surface area contributed by atoms with E-state index in [0.29, 0.717) is 5.82 Å². The summed E-state index contributed by atoms with van der Waals surface area (Å²) in [7, 11) is -1.51. The molecule has 0 saturated carbocycles. The molecule has 134 valence electrons. The van der Waals surface area contributed by atoms with Crippen LogP contribution in [0.4, 0.5) is 16.6 Å². The zero-order chi connectivity index (χ0) is 18.6. The summed E-state index contributed by atoms with van der Waals surface area (Å²) in [6.07, 6.45) is 1.49. The van der Waals surface area contributed by atoms with Crippen molar-refractivity contribution in [3.8, 4) is 6.01 Å². The van der Waals surface area contributed by atoms with Crippen molar-refractivity contribution in [1.82, 2.24) is 24.7 Å². The van der Waals surface area contributed by atoms with Crippen molar-refractivity contribution < 1.29 is 17.9 Å². The van der Waals surface area contributed by atoms with Gasteiger partial charge in [-0.3, -0.25) is 9.62 Å². The van der Waals surface area contributed by atoms with Gasteiger partial charge in [0.05, 0.1) is 7.11 Å². The lowest BCUT2D eigenvalue weighted by Gasteiger charge is -2.17. The van der Waals surface area contributed by atoms with E-state index in [2.05, 4.69) is 24.7 Å². The summed E-state index contributed by atoms with van der Waals surface area (Å²) in [6, 6.07) is 2.20. The molecule has 0 unspecified atom stereocenters. The van der Waals surface area contributed by atoms with Crippen molar-refractivity contribution >= 4 is 28.0 Å². The van der Waals surface area contributed by atoms with E-state index in [1.807, 2.05) is 11.6 Å². The fourth-order valence-corrected chi connectivity index (χ4v) is 2.46. The number of aryl methyl sites for hydroxylation is 2. The average Bonchev–Trinajstić information content (AvgIpc) is 2.54. The minimum atomic E-state index is -4.18. The van der Waals surface area contributed by atoms with Crippen LogP contribution in [0.2, 0.25) is 0 Å². The number of hydrogen-bond donors (Lipinski definition) is 2. The van der Waals surface area contributed by atoms with Gasteiger partial charge in [0, 0.05) is 13.2 Å². The predicted octanol–water partition coefficient (Wildman–Crippen LogP) is 0.395. The van der Waals surface area contributed by atoms with Gasteiger partial charge in [-0.1, -0.05) is 6.07 Å². The van der Waals surface area contributed by atoms with Gasteiger partial charge in [0.15, 0.2) is 0 Å². The van der Waals surface area contributed by atoms with Crippen LogP contribution in [0.25, 0.3) is 0 Å². The highest BCUT2D eigenvalue weighted by atomic mass is 32.2. The Kier molecular flexibility index (Phi) is 5.32. The molecule has 0 saturated heterocycles. The van der Waals surface area contributed by atoms with E-state index in [0.717, 1.165) is 10.5 Å². The number of aromatic nitrogens is 4. The number of carbonyl (C=O) groups is 1. The Hall–Kier alpha value is -3.02. The summed E-state index contributed by atoms with van der Waals surface area (Å²) in [4.78, 5) is 28.7. The first-order valence-electron chi connectivity index (χ1n) is 6.98. The van der Waals surface area contributed by atoms with Gasteiger partial charge in [-0.25, -0.2) is 14.5 Å². The largest absolute Gasteiger partial charge is 0.467 e. The number of hydrogen-bond acceptors (Lipinski definition) is 8. The molecule has 0 fully saturated rings. The van der Waals surface area contributed by atoms with Gasteiger partial charge in [-0.2, -0.15) is 23.4 Å². The summed E-state index contributed by atoms with van der Waals surface area (Å²) < 4.78 is 32.9. The molecule has 2 N–H and O–H groups in total. The molecule has 0 radical (unpaired) electrons. The second kappa shape index (κ2) is 7.25. The molecule has 25 heavy (non-hydrogen) atoms. The molecular weight excluding hydrogens is 350 g/mol. The molecule has 2 heterocycles. The molecule has 0 aromatic carbocycles. The number of pyridine rings is 1. The summed E-state index contributed by atoms with van der Waals surface area (Å²) in [5.41, 5.74) is 0.867. The van der Waals surface area contributed by atoms with Crippen LogP contribution in [0.5, 0.6) is 6.01 Å². The lowest BCUT2D eigenvalue weighted by molar-refractivity contribution is 0.252. The third-order valence-electron chi connectivity index (χ3n) is 2.87. The highest BCUT2D eigenvalue weighted by molar-refractivity contribution is 7.91. The van der Waals surface area contributed by atoms with Crippen LogP contribution in [0.15, 0.2) is 18.3 Å². The van der Waals surface area contributed by atoms with Crippen LogP contribution in [0.1, 0.15) is 11.4 Å². The maximum absolute atomic E-state index is 12.1. The summed E-state index contributed by atoms with van der Waals surface area (Å²) in [5.74, 6) is 0.322. The summed E-state index contributed by atoms with van der Waals surface area (Å²) in [6.45, 7) is 3.40. The van der Waals surface area contributed by atoms with Crippen LogP contribution in [0.3, 0.4) is 0 Å². The Morgan fingerprint density at radius 3 is 2.52 bits per heavy atom. The standard InChI is InChI=1S/C13H17N7O4S/c1-8-5-6-10(14-7-8)18-25(22,23)19-13(21)20(3)11-15-9(2)16-12(17-11)24-4/h5-7H,1-4H3,(H,14,18)(H,19,21). The molecule has 11 nitrogen and oxygen atoms in total. The number of nitrogens with one attached hydrogen (secondary N) is 2. The normalized spacial score (nSPS) is 10.9. The number of carbonyl (C=O) groups excluding carboxylic acids is 1. The molecule has 2 aromatic rings. The molecule has 12 heteroatoms. The van der Waals surface area contributed by atoms with Gasteiger partial charge in [-0.05, 0) is 25.5 Å². The lowest BCUT2D eigenvalue weighted by atomic mass is 10.3. The SMILES string of the molecule is COc1nc(C)nc(N(C)C(=O)NS(=O)(=O)Nc2ccc(C)cn2)n1. The maximum atomic E-state index is 12.1. The first-order valence-corrected chi connectivity index (χ1v) is 8.46. The van der Waals surface area contributed by atoms with E-state index in [1.165, 1.54) is 26.4 Å². The van der Waals surface area contributed by atoms with E-state index in [4.69, 9.17) is 4.74 Å². The molecule has 2 rings (SSSR count). The fourth-order valence-electron chi connectivity index (χ4n) is 1.65. The van der Waals surface area contributed by atoms with Crippen molar-refractivity contribution in [1.29, 1.82) is 0 Å². The third kappa shape index (κ3) is 4.97. The van der Waals surface area contributed by atoms with E-state index in [-0.39, 0.29) is 17.8 Å². The lowest BCUT2D eigenvalue weighted by Crippen LogP contribution is -2.44. The van der Waals surface area contributed by atoms with Gasteiger partial charge >= 0.3 is 22.3 Å². The number of nitrogens with zero attached hydrogens (tertiary/aromatic N) is 5. The number of anilines is 2. The number of rotatable bonds is 5. The van der Waals surface area contributed by atoms with Crippen LogP contribution >= 0.6 is 0 Å². The highest BCUT2D eigenvalue weighted by Gasteiger charge is 2.21. The number of urea groups is 1. The number of amides is 2.